The first-order valence-electron chi connectivity index (χ1n) is 3.57. The molecule has 4 nitrogen and oxygen atoms in total. The van der Waals surface area contributed by atoms with Crippen LogP contribution in [0, 0.1) is 0 Å². The predicted octanol–water partition coefficient (Wildman–Crippen LogP) is -0.559. The minimum atomic E-state index is -1.14. The molecule has 0 atom stereocenters. The summed E-state index contributed by atoms with van der Waals surface area (Å²) in [6.45, 7) is 0. The standard InChI is InChI=1S/C8H7BO4.K.H/c9-13-8(12)6-4-2-1-3-5(6)7(10)11;;/h1-4H,9H2,(H,10,11);;. The van der Waals surface area contributed by atoms with E-state index in [2.05, 4.69) is 4.65 Å². The molecule has 0 radical (unpaired) electrons. The molecule has 0 spiro atoms. The first-order valence-corrected chi connectivity index (χ1v) is 3.57. The molecule has 1 aromatic carbocycles. The third kappa shape index (κ3) is 3.22. The van der Waals surface area contributed by atoms with Crippen LogP contribution < -0.4 is 0 Å². The van der Waals surface area contributed by atoms with Crippen molar-refractivity contribution in [2.45, 2.75) is 0 Å². The van der Waals surface area contributed by atoms with Gasteiger partial charge in [-0.05, 0) is 12.1 Å². The van der Waals surface area contributed by atoms with Gasteiger partial charge in [-0.1, -0.05) is 12.1 Å². The molecule has 0 aliphatic heterocycles. The van der Waals surface area contributed by atoms with E-state index in [-0.39, 0.29) is 62.5 Å². The number of carboxylic acids is 1. The van der Waals surface area contributed by atoms with Gasteiger partial charge in [0.05, 0.1) is 11.1 Å². The Balaban J connectivity index is 0.00000169. The molecule has 6 heteroatoms. The second-order valence-corrected chi connectivity index (χ2v) is 2.34. The molecule has 68 valence electrons. The summed E-state index contributed by atoms with van der Waals surface area (Å²) in [5, 5.41) is 8.70. The fraction of sp³-hybridized carbons (Fsp3) is 0. The van der Waals surface area contributed by atoms with E-state index in [0.717, 1.165) is 0 Å². The number of carbonyl (C=O) groups is 2. The fourth-order valence-corrected chi connectivity index (χ4v) is 0.958. The van der Waals surface area contributed by atoms with Crippen LogP contribution in [0.4, 0.5) is 0 Å². The molecule has 1 N–H and O–H groups in total. The number of carboxylic acid groups (broad SMARTS) is 1. The average molecular weight is 218 g/mol. The summed E-state index contributed by atoms with van der Waals surface area (Å²) in [5.74, 6) is -1.78. The van der Waals surface area contributed by atoms with Crippen molar-refractivity contribution < 1.29 is 19.3 Å². The Morgan fingerprint density at radius 3 is 2.14 bits per heavy atom. The van der Waals surface area contributed by atoms with Gasteiger partial charge in [0.25, 0.3) is 0 Å². The van der Waals surface area contributed by atoms with E-state index >= 15 is 0 Å². The zero-order valence-corrected chi connectivity index (χ0v) is 6.98. The van der Waals surface area contributed by atoms with Crippen molar-refractivity contribution in [3.8, 4) is 0 Å². The van der Waals surface area contributed by atoms with Gasteiger partial charge in [0.2, 0.25) is 0 Å². The predicted molar refractivity (Wildman–Crippen MR) is 54.5 cm³/mol. The summed E-state index contributed by atoms with van der Waals surface area (Å²) in [4.78, 5) is 21.7. The second-order valence-electron chi connectivity index (χ2n) is 2.34. The summed E-state index contributed by atoms with van der Waals surface area (Å²) < 4.78 is 4.42. The molecular weight excluding hydrogens is 210 g/mol. The van der Waals surface area contributed by atoms with Crippen LogP contribution in [0.2, 0.25) is 0 Å². The number of aromatic carboxylic acids is 1. The van der Waals surface area contributed by atoms with Crippen molar-refractivity contribution in [2.24, 2.45) is 0 Å². The van der Waals surface area contributed by atoms with Gasteiger partial charge in [0, 0.05) is 0 Å². The van der Waals surface area contributed by atoms with Gasteiger partial charge in [0.15, 0.2) is 0 Å². The maximum absolute atomic E-state index is 11.1. The number of carbonyl (C=O) groups excluding carboxylic acids is 1. The average Bonchev–Trinajstić information content (AvgIpc) is 2.16. The van der Waals surface area contributed by atoms with E-state index in [4.69, 9.17) is 5.11 Å². The Morgan fingerprint density at radius 1 is 1.21 bits per heavy atom. The molecule has 0 heterocycles. The fourth-order valence-electron chi connectivity index (χ4n) is 0.958. The van der Waals surface area contributed by atoms with Gasteiger partial charge in [-0.2, -0.15) is 0 Å². The van der Waals surface area contributed by atoms with Crippen LogP contribution in [-0.4, -0.2) is 76.5 Å². The first kappa shape index (κ1) is 13.9. The van der Waals surface area contributed by atoms with Gasteiger partial charge < -0.3 is 9.76 Å². The summed E-state index contributed by atoms with van der Waals surface area (Å²) in [5.41, 5.74) is 0.0202. The van der Waals surface area contributed by atoms with Gasteiger partial charge in [-0.3, -0.25) is 0 Å². The summed E-state index contributed by atoms with van der Waals surface area (Å²) >= 11 is 0. The van der Waals surface area contributed by atoms with Crippen LogP contribution in [0.5, 0.6) is 0 Å². The molecule has 0 saturated heterocycles. The summed E-state index contributed by atoms with van der Waals surface area (Å²) in [6.07, 6.45) is 0. The van der Waals surface area contributed by atoms with Gasteiger partial charge >= 0.3 is 71.4 Å². The van der Waals surface area contributed by atoms with E-state index in [9.17, 15) is 9.59 Å². The van der Waals surface area contributed by atoms with Crippen LogP contribution in [0.3, 0.4) is 0 Å². The molecule has 0 aromatic heterocycles. The summed E-state index contributed by atoms with van der Waals surface area (Å²) in [6, 6.07) is 5.90. The normalized spacial score (nSPS) is 8.57. The number of hydrogen-bond acceptors (Lipinski definition) is 3. The Bertz CT molecular complexity index is 353. The van der Waals surface area contributed by atoms with Crippen LogP contribution in [-0.2, 0) is 4.65 Å². The van der Waals surface area contributed by atoms with Crippen molar-refractivity contribution in [2.75, 3.05) is 0 Å². The van der Waals surface area contributed by atoms with E-state index in [0.29, 0.717) is 0 Å². The number of benzene rings is 1. The Hall–Kier alpha value is -0.139. The molecule has 14 heavy (non-hydrogen) atoms. The minimum absolute atomic E-state index is 0. The van der Waals surface area contributed by atoms with Crippen molar-refractivity contribution in [1.29, 1.82) is 0 Å². The second kappa shape index (κ2) is 6.36. The van der Waals surface area contributed by atoms with E-state index in [1.807, 2.05) is 0 Å². The van der Waals surface area contributed by atoms with Crippen LogP contribution >= 0.6 is 0 Å². The molecule has 0 unspecified atom stereocenters. The van der Waals surface area contributed by atoms with E-state index < -0.39 is 11.9 Å². The third-order valence-corrected chi connectivity index (χ3v) is 1.56. The molecule has 1 rings (SSSR count). The third-order valence-electron chi connectivity index (χ3n) is 1.56. The van der Waals surface area contributed by atoms with Gasteiger partial charge in [-0.15, -0.1) is 0 Å². The number of rotatable bonds is 2. The van der Waals surface area contributed by atoms with Gasteiger partial charge in [-0.25, -0.2) is 9.59 Å². The Labute approximate surface area is 125 Å². The van der Waals surface area contributed by atoms with Crippen molar-refractivity contribution in [3.63, 3.8) is 0 Å². The van der Waals surface area contributed by atoms with Crippen molar-refractivity contribution in [3.05, 3.63) is 35.4 Å². The van der Waals surface area contributed by atoms with Gasteiger partial charge in [0.1, 0.15) is 0 Å². The Kier molecular flexibility index (Phi) is 6.30. The molecule has 1 aromatic rings. The quantitative estimate of drug-likeness (QED) is 0.676. The topological polar surface area (TPSA) is 63.6 Å². The molecule has 0 aliphatic rings. The molecule has 0 bridgehead atoms. The van der Waals surface area contributed by atoms with E-state index in [1.165, 1.54) is 20.2 Å². The molecular formula is C8H8BKO4. The zero-order chi connectivity index (χ0) is 9.84. The first-order chi connectivity index (χ1) is 6.16. The summed E-state index contributed by atoms with van der Waals surface area (Å²) in [7, 11) is 1.21. The van der Waals surface area contributed by atoms with E-state index in [1.54, 1.807) is 12.1 Å². The molecule has 0 saturated carbocycles. The Morgan fingerprint density at radius 2 is 1.71 bits per heavy atom. The van der Waals surface area contributed by atoms with Crippen LogP contribution in [0.25, 0.3) is 0 Å². The van der Waals surface area contributed by atoms with Crippen molar-refractivity contribution in [1.82, 2.24) is 0 Å². The molecule has 0 fully saturated rings. The molecule has 0 aliphatic carbocycles. The monoisotopic (exact) mass is 218 g/mol. The number of hydrogen-bond donors (Lipinski definition) is 1. The van der Waals surface area contributed by atoms with Crippen molar-refractivity contribution >= 4 is 71.4 Å². The zero-order valence-electron chi connectivity index (χ0n) is 6.98. The van der Waals surface area contributed by atoms with Crippen LogP contribution in [0.15, 0.2) is 24.3 Å². The molecule has 0 amide bonds. The SMILES string of the molecule is BOC(=O)c1ccccc1C(=O)O.[KH]. The van der Waals surface area contributed by atoms with Crippen LogP contribution in [0.1, 0.15) is 20.7 Å². The maximum atomic E-state index is 11.1.